The third-order valence-electron chi connectivity index (χ3n) is 6.67. The maximum absolute atomic E-state index is 11.0. The van der Waals surface area contributed by atoms with E-state index in [1.165, 1.54) is 30.4 Å². The van der Waals surface area contributed by atoms with Crippen molar-refractivity contribution < 1.29 is 22.1 Å². The lowest BCUT2D eigenvalue weighted by molar-refractivity contribution is 0.162. The Labute approximate surface area is 198 Å². The summed E-state index contributed by atoms with van der Waals surface area (Å²) in [6, 6.07) is 10.4. The Morgan fingerprint density at radius 1 is 1.03 bits per heavy atom. The molecule has 0 spiro atoms. The van der Waals surface area contributed by atoms with Crippen LogP contribution in [0, 0.1) is 0 Å². The molecule has 0 amide bonds. The normalized spacial score (nSPS) is 20.2. The van der Waals surface area contributed by atoms with Gasteiger partial charge in [-0.05, 0) is 42.2 Å². The number of pyridine rings is 1. The summed E-state index contributed by atoms with van der Waals surface area (Å²) >= 11 is 0. The van der Waals surface area contributed by atoms with Crippen LogP contribution in [0.25, 0.3) is 0 Å². The minimum absolute atomic E-state index is 0.107. The highest BCUT2D eigenvalue weighted by molar-refractivity contribution is 7.85. The molecular formula is C26H37NO5S. The smallest absolute Gasteiger partial charge is 0.264 e. The summed E-state index contributed by atoms with van der Waals surface area (Å²) < 4.78 is 38.4. The monoisotopic (exact) mass is 475 g/mol. The summed E-state index contributed by atoms with van der Waals surface area (Å²) in [6.07, 6.45) is 13.5. The molecule has 2 aromatic rings. The van der Waals surface area contributed by atoms with Crippen molar-refractivity contribution in [1.29, 1.82) is 0 Å². The summed E-state index contributed by atoms with van der Waals surface area (Å²) in [7, 11) is -1.63. The van der Waals surface area contributed by atoms with Crippen LogP contribution in [0.15, 0.2) is 42.7 Å². The summed E-state index contributed by atoms with van der Waals surface area (Å²) in [4.78, 5) is 4.20. The van der Waals surface area contributed by atoms with Crippen LogP contribution in [0.2, 0.25) is 0 Å². The van der Waals surface area contributed by atoms with Gasteiger partial charge in [-0.25, -0.2) is 0 Å². The van der Waals surface area contributed by atoms with Crippen molar-refractivity contribution in [2.24, 2.45) is 0 Å². The van der Waals surface area contributed by atoms with E-state index in [1.807, 2.05) is 24.5 Å². The number of unbranched alkanes of at least 4 members (excludes halogenated alkanes) is 6. The van der Waals surface area contributed by atoms with Crippen LogP contribution in [0.3, 0.4) is 0 Å². The van der Waals surface area contributed by atoms with Crippen molar-refractivity contribution in [2.75, 3.05) is 26.6 Å². The molecule has 33 heavy (non-hydrogen) atoms. The van der Waals surface area contributed by atoms with Gasteiger partial charge < -0.3 is 9.47 Å². The molecule has 0 fully saturated rings. The average molecular weight is 476 g/mol. The van der Waals surface area contributed by atoms with E-state index in [1.54, 1.807) is 7.11 Å². The van der Waals surface area contributed by atoms with Crippen LogP contribution < -0.4 is 9.47 Å². The topological polar surface area (TPSA) is 74.7 Å². The highest BCUT2D eigenvalue weighted by Crippen LogP contribution is 2.49. The molecule has 1 aliphatic rings. The molecule has 2 heterocycles. The molecule has 0 aliphatic carbocycles. The standard InChI is InChI=1S/C26H37NO5S/c1-26(21-14-16-27-17-15-21)20-31-25-19-22(30-2)12-13-23(25)24(26)11-9-7-5-4-6-8-10-18-32-33(3,28)29/h12-17,19,24H,4-11,18,20H2,1-3H3. The van der Waals surface area contributed by atoms with Crippen molar-refractivity contribution in [3.8, 4) is 11.5 Å². The molecule has 1 aromatic carbocycles. The van der Waals surface area contributed by atoms with Gasteiger partial charge in [0.25, 0.3) is 10.1 Å². The zero-order chi connectivity index (χ0) is 23.7. The van der Waals surface area contributed by atoms with Crippen LogP contribution in [0.4, 0.5) is 0 Å². The fourth-order valence-corrected chi connectivity index (χ4v) is 5.18. The second-order valence-corrected chi connectivity index (χ2v) is 10.8. The molecule has 1 aromatic heterocycles. The van der Waals surface area contributed by atoms with Crippen molar-refractivity contribution in [3.05, 3.63) is 53.9 Å². The first-order valence-corrected chi connectivity index (χ1v) is 13.7. The molecule has 182 valence electrons. The highest BCUT2D eigenvalue weighted by Gasteiger charge is 2.42. The Balaban J connectivity index is 1.54. The first-order chi connectivity index (χ1) is 15.8. The van der Waals surface area contributed by atoms with Crippen LogP contribution in [0.5, 0.6) is 11.5 Å². The number of ether oxygens (including phenoxy) is 2. The van der Waals surface area contributed by atoms with Gasteiger partial charge in [0, 0.05) is 29.8 Å². The lowest BCUT2D eigenvalue weighted by Gasteiger charge is -2.43. The SMILES string of the molecule is COc1ccc2c(c1)OCC(C)(c1ccncc1)C2CCCCCCCCCOS(C)(=O)=O. The summed E-state index contributed by atoms with van der Waals surface area (Å²) in [5, 5.41) is 0. The molecule has 7 heteroatoms. The number of rotatable bonds is 13. The van der Waals surface area contributed by atoms with Crippen molar-refractivity contribution in [2.45, 2.75) is 69.6 Å². The first-order valence-electron chi connectivity index (χ1n) is 11.9. The molecule has 3 rings (SSSR count). The molecule has 2 atom stereocenters. The largest absolute Gasteiger partial charge is 0.497 e. The Morgan fingerprint density at radius 2 is 1.70 bits per heavy atom. The van der Waals surface area contributed by atoms with E-state index in [0.717, 1.165) is 49.9 Å². The van der Waals surface area contributed by atoms with Gasteiger partial charge in [0.1, 0.15) is 11.5 Å². The molecule has 6 nitrogen and oxygen atoms in total. The van der Waals surface area contributed by atoms with Crippen LogP contribution in [-0.2, 0) is 19.7 Å². The first kappa shape index (κ1) is 25.5. The second kappa shape index (κ2) is 11.8. The van der Waals surface area contributed by atoms with Gasteiger partial charge in [-0.1, -0.05) is 51.5 Å². The summed E-state index contributed by atoms with van der Waals surface area (Å²) in [5.74, 6) is 2.12. The van der Waals surface area contributed by atoms with Crippen molar-refractivity contribution in [3.63, 3.8) is 0 Å². The predicted molar refractivity (Wildman–Crippen MR) is 131 cm³/mol. The van der Waals surface area contributed by atoms with Crippen molar-refractivity contribution >= 4 is 10.1 Å². The summed E-state index contributed by atoms with van der Waals surface area (Å²) in [5.41, 5.74) is 2.41. The molecule has 0 radical (unpaired) electrons. The Bertz CT molecular complexity index is 979. The molecule has 0 saturated heterocycles. The average Bonchev–Trinajstić information content (AvgIpc) is 2.81. The van der Waals surface area contributed by atoms with E-state index >= 15 is 0 Å². The summed E-state index contributed by atoms with van der Waals surface area (Å²) in [6.45, 7) is 3.23. The van der Waals surface area contributed by atoms with E-state index < -0.39 is 10.1 Å². The van der Waals surface area contributed by atoms with Crippen LogP contribution >= 0.6 is 0 Å². The third-order valence-corrected chi connectivity index (χ3v) is 7.26. The minimum atomic E-state index is -3.31. The maximum Gasteiger partial charge on any atom is 0.264 e. The van der Waals surface area contributed by atoms with E-state index in [9.17, 15) is 8.42 Å². The van der Waals surface area contributed by atoms with E-state index in [0.29, 0.717) is 19.1 Å². The molecule has 0 bridgehead atoms. The van der Waals surface area contributed by atoms with Gasteiger partial charge in [-0.3, -0.25) is 9.17 Å². The molecule has 1 aliphatic heterocycles. The Morgan fingerprint density at radius 3 is 2.36 bits per heavy atom. The number of aromatic nitrogens is 1. The zero-order valence-electron chi connectivity index (χ0n) is 20.1. The van der Waals surface area contributed by atoms with Gasteiger partial charge in [0.15, 0.2) is 0 Å². The molecule has 0 saturated carbocycles. The lowest BCUT2D eigenvalue weighted by Crippen LogP contribution is -2.40. The van der Waals surface area contributed by atoms with Gasteiger partial charge in [-0.2, -0.15) is 8.42 Å². The second-order valence-electron chi connectivity index (χ2n) is 9.19. The number of nitrogens with zero attached hydrogens (tertiary/aromatic N) is 1. The van der Waals surface area contributed by atoms with Gasteiger partial charge in [0.05, 0.1) is 26.6 Å². The number of hydrogen-bond acceptors (Lipinski definition) is 6. The van der Waals surface area contributed by atoms with Crippen LogP contribution in [-0.4, -0.2) is 40.0 Å². The van der Waals surface area contributed by atoms with Gasteiger partial charge in [0.2, 0.25) is 0 Å². The number of hydrogen-bond donors (Lipinski definition) is 0. The van der Waals surface area contributed by atoms with Gasteiger partial charge >= 0.3 is 0 Å². The van der Waals surface area contributed by atoms with Crippen molar-refractivity contribution in [1.82, 2.24) is 4.98 Å². The van der Waals surface area contributed by atoms with E-state index in [4.69, 9.17) is 13.7 Å². The van der Waals surface area contributed by atoms with Gasteiger partial charge in [-0.15, -0.1) is 0 Å². The zero-order valence-corrected chi connectivity index (χ0v) is 20.9. The molecule has 0 N–H and O–H groups in total. The lowest BCUT2D eigenvalue weighted by atomic mass is 9.66. The Kier molecular flexibility index (Phi) is 9.15. The predicted octanol–water partition coefficient (Wildman–Crippen LogP) is 5.62. The van der Waals surface area contributed by atoms with E-state index in [2.05, 4.69) is 30.1 Å². The quantitative estimate of drug-likeness (QED) is 0.276. The van der Waals surface area contributed by atoms with Crippen LogP contribution in [0.1, 0.15) is 75.3 Å². The maximum atomic E-state index is 11.0. The fourth-order valence-electron chi connectivity index (χ4n) is 4.76. The number of methoxy groups -OCH3 is 1. The number of fused-ring (bicyclic) bond motifs is 1. The Hall–Kier alpha value is -2.12. The minimum Gasteiger partial charge on any atom is -0.497 e. The number of benzene rings is 1. The molecule has 2 unspecified atom stereocenters. The third kappa shape index (κ3) is 7.18. The highest BCUT2D eigenvalue weighted by atomic mass is 32.2. The van der Waals surface area contributed by atoms with E-state index in [-0.39, 0.29) is 5.41 Å². The fraction of sp³-hybridized carbons (Fsp3) is 0.577. The molecular weight excluding hydrogens is 438 g/mol.